The minimum Gasteiger partial charge on any atom is -0.475 e. The van der Waals surface area contributed by atoms with Crippen molar-refractivity contribution in [1.82, 2.24) is 19.2 Å². The average molecular weight is 509 g/mol. The summed E-state index contributed by atoms with van der Waals surface area (Å²) in [6, 6.07) is 11.8. The highest BCUT2D eigenvalue weighted by Crippen LogP contribution is 2.39. The van der Waals surface area contributed by atoms with Gasteiger partial charge < -0.3 is 5.11 Å². The highest BCUT2D eigenvalue weighted by Gasteiger charge is 2.44. The van der Waals surface area contributed by atoms with Gasteiger partial charge in [0.1, 0.15) is 5.82 Å². The molecule has 5 rings (SSSR count). The molecule has 2 aliphatic heterocycles. The Morgan fingerprint density at radius 3 is 2.40 bits per heavy atom. The lowest BCUT2D eigenvalue weighted by molar-refractivity contribution is -0.192. The first-order chi connectivity index (χ1) is 16.6. The van der Waals surface area contributed by atoms with Crippen molar-refractivity contribution in [1.29, 1.82) is 0 Å². The predicted octanol–water partition coefficient (Wildman–Crippen LogP) is 2.60. The molecule has 186 valence electrons. The molecule has 2 aromatic heterocycles. The maximum atomic E-state index is 12.7. The molecule has 0 bridgehead atoms. The van der Waals surface area contributed by atoms with Gasteiger partial charge in [0.2, 0.25) is 0 Å². The van der Waals surface area contributed by atoms with Gasteiger partial charge >= 0.3 is 23.3 Å². The SMILES string of the molecule is O=C(O)C(F)(F)F.O=c1c(=O)n2c(nn1Cc1ccccc1)CC1(CCN(Cc3ccsc3)C1)C2. The number of fused-ring (bicyclic) bond motifs is 1. The predicted molar refractivity (Wildman–Crippen MR) is 122 cm³/mol. The number of nitrogens with zero attached hydrogens (tertiary/aromatic N) is 4. The maximum absolute atomic E-state index is 12.7. The molecule has 1 spiro atoms. The summed E-state index contributed by atoms with van der Waals surface area (Å²) < 4.78 is 34.7. The second kappa shape index (κ2) is 9.78. The molecule has 0 aliphatic carbocycles. The molecule has 1 N–H and O–H groups in total. The molecule has 0 radical (unpaired) electrons. The number of hydrogen-bond acceptors (Lipinski definition) is 6. The lowest BCUT2D eigenvalue weighted by atomic mass is 9.86. The Bertz CT molecular complexity index is 1310. The number of likely N-dealkylation sites (tertiary alicyclic amines) is 1. The summed E-state index contributed by atoms with van der Waals surface area (Å²) in [5.74, 6) is -2.01. The number of aromatic nitrogens is 3. The fourth-order valence-electron chi connectivity index (χ4n) is 4.54. The lowest BCUT2D eigenvalue weighted by Gasteiger charge is -2.22. The minimum absolute atomic E-state index is 0.0214. The van der Waals surface area contributed by atoms with Crippen LogP contribution in [0.1, 0.15) is 23.4 Å². The normalized spacial score (nSPS) is 19.4. The van der Waals surface area contributed by atoms with Crippen LogP contribution in [-0.4, -0.2) is 49.6 Å². The van der Waals surface area contributed by atoms with Crippen molar-refractivity contribution in [3.63, 3.8) is 0 Å². The second-order valence-electron chi connectivity index (χ2n) is 8.83. The van der Waals surface area contributed by atoms with Crippen LogP contribution in [0, 0.1) is 5.41 Å². The van der Waals surface area contributed by atoms with E-state index in [1.54, 1.807) is 15.9 Å². The first-order valence-corrected chi connectivity index (χ1v) is 11.8. The Morgan fingerprint density at radius 1 is 1.06 bits per heavy atom. The zero-order chi connectivity index (χ0) is 25.2. The lowest BCUT2D eigenvalue weighted by Crippen LogP contribution is -2.43. The van der Waals surface area contributed by atoms with E-state index >= 15 is 0 Å². The molecule has 1 saturated heterocycles. The molecule has 1 aromatic carbocycles. The number of carboxylic acids is 1. The van der Waals surface area contributed by atoms with Gasteiger partial charge in [0.25, 0.3) is 0 Å². The molecule has 35 heavy (non-hydrogen) atoms. The van der Waals surface area contributed by atoms with Gasteiger partial charge in [0.05, 0.1) is 6.54 Å². The van der Waals surface area contributed by atoms with Crippen LogP contribution in [0.25, 0.3) is 0 Å². The fourth-order valence-corrected chi connectivity index (χ4v) is 5.20. The third-order valence-electron chi connectivity index (χ3n) is 6.16. The van der Waals surface area contributed by atoms with Gasteiger partial charge in [-0.2, -0.15) is 29.6 Å². The van der Waals surface area contributed by atoms with Gasteiger partial charge in [0.15, 0.2) is 0 Å². The highest BCUT2D eigenvalue weighted by molar-refractivity contribution is 7.07. The molecule has 3 aromatic rings. The molecule has 1 atom stereocenters. The van der Waals surface area contributed by atoms with E-state index in [1.807, 2.05) is 30.3 Å². The van der Waals surface area contributed by atoms with E-state index in [9.17, 15) is 22.8 Å². The minimum atomic E-state index is -5.08. The molecule has 1 fully saturated rings. The smallest absolute Gasteiger partial charge is 0.475 e. The topological polar surface area (TPSA) is 97.4 Å². The highest BCUT2D eigenvalue weighted by atomic mass is 32.1. The van der Waals surface area contributed by atoms with Gasteiger partial charge in [-0.25, -0.2) is 9.48 Å². The summed E-state index contributed by atoms with van der Waals surface area (Å²) in [5, 5.41) is 16.0. The monoisotopic (exact) mass is 508 g/mol. The van der Waals surface area contributed by atoms with Gasteiger partial charge in [-0.3, -0.25) is 19.1 Å². The summed E-state index contributed by atoms with van der Waals surface area (Å²) in [6.45, 7) is 3.85. The van der Waals surface area contributed by atoms with Crippen LogP contribution in [0.4, 0.5) is 13.2 Å². The van der Waals surface area contributed by atoms with Crippen LogP contribution in [0.15, 0.2) is 56.7 Å². The number of alkyl halides is 3. The van der Waals surface area contributed by atoms with E-state index in [0.717, 1.165) is 43.9 Å². The van der Waals surface area contributed by atoms with Crippen LogP contribution in [-0.2, 0) is 30.8 Å². The van der Waals surface area contributed by atoms with Crippen molar-refractivity contribution in [2.24, 2.45) is 5.41 Å². The largest absolute Gasteiger partial charge is 0.490 e. The van der Waals surface area contributed by atoms with E-state index in [-0.39, 0.29) is 5.41 Å². The number of hydrogen-bond donors (Lipinski definition) is 1. The van der Waals surface area contributed by atoms with Gasteiger partial charge in [-0.15, -0.1) is 0 Å². The zero-order valence-electron chi connectivity index (χ0n) is 18.6. The van der Waals surface area contributed by atoms with E-state index in [0.29, 0.717) is 13.1 Å². The number of aliphatic carboxylic acids is 1. The summed E-state index contributed by atoms with van der Waals surface area (Å²) in [4.78, 5) is 36.6. The first-order valence-electron chi connectivity index (χ1n) is 10.8. The molecule has 0 saturated carbocycles. The van der Waals surface area contributed by atoms with Gasteiger partial charge in [-0.1, -0.05) is 30.3 Å². The van der Waals surface area contributed by atoms with E-state index in [1.165, 1.54) is 10.2 Å². The summed E-state index contributed by atoms with van der Waals surface area (Å²) in [7, 11) is 0. The summed E-state index contributed by atoms with van der Waals surface area (Å²) in [6.07, 6.45) is -3.29. The Balaban J connectivity index is 0.000000364. The van der Waals surface area contributed by atoms with E-state index in [4.69, 9.17) is 9.90 Å². The van der Waals surface area contributed by atoms with E-state index in [2.05, 4.69) is 26.8 Å². The third-order valence-corrected chi connectivity index (χ3v) is 6.89. The molecule has 2 aliphatic rings. The van der Waals surface area contributed by atoms with Crippen molar-refractivity contribution >= 4 is 17.3 Å². The third kappa shape index (κ3) is 5.70. The number of thiophene rings is 1. The van der Waals surface area contributed by atoms with Crippen molar-refractivity contribution in [3.05, 3.63) is 84.8 Å². The van der Waals surface area contributed by atoms with E-state index < -0.39 is 23.3 Å². The van der Waals surface area contributed by atoms with Crippen LogP contribution < -0.4 is 11.1 Å². The Kier molecular flexibility index (Phi) is 6.95. The number of carboxylic acid groups (broad SMARTS) is 1. The average Bonchev–Trinajstić information content (AvgIpc) is 3.54. The first kappa shape index (κ1) is 24.9. The summed E-state index contributed by atoms with van der Waals surface area (Å²) in [5.41, 5.74) is 1.37. The molecule has 0 amide bonds. The second-order valence-corrected chi connectivity index (χ2v) is 9.61. The Hall–Kier alpha value is -3.25. The number of rotatable bonds is 4. The molecule has 12 heteroatoms. The van der Waals surface area contributed by atoms with Crippen molar-refractivity contribution < 1.29 is 23.1 Å². The van der Waals surface area contributed by atoms with Crippen molar-refractivity contribution in [2.45, 2.75) is 38.7 Å². The maximum Gasteiger partial charge on any atom is 0.490 e. The van der Waals surface area contributed by atoms with Crippen LogP contribution in [0.3, 0.4) is 0 Å². The standard InChI is InChI=1S/C21H22N4O2S.C2HF3O2/c26-19-20(27)25(12-16-4-2-1-3-5-16)22-18-10-21(15-24(18)19)7-8-23(14-21)11-17-6-9-28-13-17;3-2(4,5)1(6)7/h1-6,9,13H,7-8,10-12,14-15H2;(H,6,7). The van der Waals surface area contributed by atoms with Gasteiger partial charge in [0, 0.05) is 31.5 Å². The Morgan fingerprint density at radius 2 is 1.77 bits per heavy atom. The van der Waals surface area contributed by atoms with Gasteiger partial charge in [-0.05, 0) is 40.9 Å². The van der Waals surface area contributed by atoms with Crippen molar-refractivity contribution in [3.8, 4) is 0 Å². The number of halogens is 3. The zero-order valence-corrected chi connectivity index (χ0v) is 19.4. The number of carbonyl (C=O) groups is 1. The molecular weight excluding hydrogens is 485 g/mol. The molecule has 4 heterocycles. The molecule has 8 nitrogen and oxygen atoms in total. The Labute approximate surface area is 201 Å². The summed E-state index contributed by atoms with van der Waals surface area (Å²) >= 11 is 1.72. The van der Waals surface area contributed by atoms with Crippen molar-refractivity contribution in [2.75, 3.05) is 13.1 Å². The van der Waals surface area contributed by atoms with Crippen LogP contribution in [0.5, 0.6) is 0 Å². The quantitative estimate of drug-likeness (QED) is 0.545. The molecule has 1 unspecified atom stereocenters. The fraction of sp³-hybridized carbons (Fsp3) is 0.391. The number of benzene rings is 1. The van der Waals surface area contributed by atoms with Crippen LogP contribution >= 0.6 is 11.3 Å². The van der Waals surface area contributed by atoms with Crippen LogP contribution in [0.2, 0.25) is 0 Å². The molecular formula is C23H23F3N4O4S.